The van der Waals surface area contributed by atoms with Gasteiger partial charge in [0.25, 0.3) is 5.91 Å². The Kier molecular flexibility index (Phi) is 6.06. The Balaban J connectivity index is 1.49. The van der Waals surface area contributed by atoms with Gasteiger partial charge in [-0.05, 0) is 56.4 Å². The van der Waals surface area contributed by atoms with Crippen molar-refractivity contribution in [2.24, 2.45) is 0 Å². The second-order valence-corrected chi connectivity index (χ2v) is 6.81. The first-order chi connectivity index (χ1) is 13.3. The number of hydrogen-bond acceptors (Lipinski definition) is 4. The van der Waals surface area contributed by atoms with Gasteiger partial charge < -0.3 is 14.8 Å². The van der Waals surface area contributed by atoms with Crippen LogP contribution in [0.15, 0.2) is 42.6 Å². The zero-order valence-electron chi connectivity index (χ0n) is 15.3. The van der Waals surface area contributed by atoms with Gasteiger partial charge in [0, 0.05) is 23.9 Å². The lowest BCUT2D eigenvalue weighted by atomic mass is 9.92. The van der Waals surface area contributed by atoms with Gasteiger partial charge in [0.1, 0.15) is 11.9 Å². The highest BCUT2D eigenvalue weighted by Crippen LogP contribution is 2.25. The van der Waals surface area contributed by atoms with E-state index in [0.717, 1.165) is 43.4 Å². The fourth-order valence-electron chi connectivity index (χ4n) is 3.12. The molecule has 2 aromatic rings. The summed E-state index contributed by atoms with van der Waals surface area (Å²) in [4.78, 5) is 16.6. The summed E-state index contributed by atoms with van der Waals surface area (Å²) in [7, 11) is 0. The maximum Gasteiger partial charge on any atom is 0.573 e. The van der Waals surface area contributed by atoms with Crippen molar-refractivity contribution in [3.63, 3.8) is 0 Å². The number of ether oxygens (including phenoxy) is 2. The number of benzene rings is 1. The predicted octanol–water partition coefficient (Wildman–Crippen LogP) is 4.41. The quantitative estimate of drug-likeness (QED) is 0.816. The normalized spacial score (nSPS) is 19.7. The third-order valence-corrected chi connectivity index (χ3v) is 4.51. The molecule has 1 aromatic carbocycles. The van der Waals surface area contributed by atoms with E-state index >= 15 is 0 Å². The maximum absolute atomic E-state index is 12.3. The van der Waals surface area contributed by atoms with Gasteiger partial charge >= 0.3 is 6.36 Å². The average molecular weight is 394 g/mol. The molecule has 8 heteroatoms. The zero-order valence-corrected chi connectivity index (χ0v) is 15.3. The number of nitrogens with zero attached hydrogens (tertiary/aromatic N) is 1. The molecule has 150 valence electrons. The van der Waals surface area contributed by atoms with Gasteiger partial charge in [-0.25, -0.2) is 4.98 Å². The second kappa shape index (κ2) is 8.50. The van der Waals surface area contributed by atoms with Gasteiger partial charge in [-0.1, -0.05) is 12.1 Å². The third kappa shape index (κ3) is 5.87. The summed E-state index contributed by atoms with van der Waals surface area (Å²) in [6, 6.07) is 8.77. The van der Waals surface area contributed by atoms with Crippen molar-refractivity contribution in [1.29, 1.82) is 0 Å². The number of aromatic nitrogens is 1. The van der Waals surface area contributed by atoms with Gasteiger partial charge in [-0.3, -0.25) is 4.79 Å². The van der Waals surface area contributed by atoms with E-state index in [4.69, 9.17) is 4.74 Å². The van der Waals surface area contributed by atoms with Gasteiger partial charge in [-0.15, -0.1) is 13.2 Å². The van der Waals surface area contributed by atoms with Crippen LogP contribution in [0.4, 0.5) is 13.2 Å². The topological polar surface area (TPSA) is 60.5 Å². The van der Waals surface area contributed by atoms with Crippen LogP contribution in [0.5, 0.6) is 11.6 Å². The van der Waals surface area contributed by atoms with Gasteiger partial charge in [0.2, 0.25) is 5.88 Å². The van der Waals surface area contributed by atoms with Crippen LogP contribution in [0.25, 0.3) is 0 Å². The van der Waals surface area contributed by atoms with Gasteiger partial charge in [0.15, 0.2) is 0 Å². The molecule has 1 aromatic heterocycles. The van der Waals surface area contributed by atoms with Crippen molar-refractivity contribution < 1.29 is 27.4 Å². The summed E-state index contributed by atoms with van der Waals surface area (Å²) in [5.74, 6) is -0.250. The predicted molar refractivity (Wildman–Crippen MR) is 96.2 cm³/mol. The molecule has 5 nitrogen and oxygen atoms in total. The number of nitrogens with one attached hydrogen (secondary N) is 1. The van der Waals surface area contributed by atoms with Crippen molar-refractivity contribution in [3.8, 4) is 11.6 Å². The number of alkyl halides is 3. The van der Waals surface area contributed by atoms with Gasteiger partial charge in [0.05, 0.1) is 0 Å². The van der Waals surface area contributed by atoms with Crippen LogP contribution >= 0.6 is 0 Å². The summed E-state index contributed by atoms with van der Waals surface area (Å²) in [6.45, 7) is 1.95. The molecule has 1 amide bonds. The van der Waals surface area contributed by atoms with E-state index in [1.807, 2.05) is 19.1 Å². The molecule has 1 fully saturated rings. The monoisotopic (exact) mass is 394 g/mol. The molecule has 0 atom stereocenters. The molecular formula is C20H21F3N2O3. The number of hydrogen-bond donors (Lipinski definition) is 1. The van der Waals surface area contributed by atoms with E-state index in [1.165, 1.54) is 12.1 Å². The lowest BCUT2D eigenvalue weighted by molar-refractivity contribution is -0.274. The number of carbonyl (C=O) groups is 1. The van der Waals surface area contributed by atoms with Crippen molar-refractivity contribution in [2.45, 2.75) is 51.1 Å². The highest BCUT2D eigenvalue weighted by molar-refractivity contribution is 5.94. The van der Waals surface area contributed by atoms with Crippen LogP contribution in [0, 0.1) is 6.92 Å². The Morgan fingerprint density at radius 3 is 2.54 bits per heavy atom. The molecule has 1 saturated carbocycles. The zero-order chi connectivity index (χ0) is 20.1. The fourth-order valence-corrected chi connectivity index (χ4v) is 3.12. The highest BCUT2D eigenvalue weighted by atomic mass is 19.4. The molecular weight excluding hydrogens is 373 g/mol. The molecule has 1 aliphatic rings. The van der Waals surface area contributed by atoms with Crippen molar-refractivity contribution in [2.75, 3.05) is 0 Å². The minimum absolute atomic E-state index is 0.0341. The lowest BCUT2D eigenvalue weighted by Crippen LogP contribution is -2.39. The molecule has 0 spiro atoms. The Labute approximate surface area is 160 Å². The molecule has 1 aliphatic carbocycles. The molecule has 1 N–H and O–H groups in total. The SMILES string of the molecule is Cc1ccc(OC2CCC(NC(=O)c3cccc(OC(F)(F)F)c3)CC2)nc1. The van der Waals surface area contributed by atoms with Crippen LogP contribution in [0.2, 0.25) is 0 Å². The largest absolute Gasteiger partial charge is 0.573 e. The smallest absolute Gasteiger partial charge is 0.474 e. The Morgan fingerprint density at radius 1 is 1.14 bits per heavy atom. The molecule has 28 heavy (non-hydrogen) atoms. The molecule has 1 heterocycles. The Bertz CT molecular complexity index is 801. The molecule has 0 saturated heterocycles. The van der Waals surface area contributed by atoms with Crippen molar-refractivity contribution in [3.05, 3.63) is 53.7 Å². The van der Waals surface area contributed by atoms with E-state index in [-0.39, 0.29) is 17.7 Å². The molecule has 3 rings (SSSR count). The summed E-state index contributed by atoms with van der Waals surface area (Å²) in [6.07, 6.45) is -0.0402. The van der Waals surface area contributed by atoms with Crippen LogP contribution in [0.3, 0.4) is 0 Å². The van der Waals surface area contributed by atoms with E-state index in [2.05, 4.69) is 15.0 Å². The van der Waals surface area contributed by atoms with Gasteiger partial charge in [-0.2, -0.15) is 0 Å². The standard InChI is InChI=1S/C20H21F3N2O3/c1-13-5-10-18(24-12-13)27-16-8-6-15(7-9-16)25-19(26)14-3-2-4-17(11-14)28-20(21,22)23/h2-5,10-12,15-16H,6-9H2,1H3,(H,25,26). The minimum atomic E-state index is -4.79. The molecule has 0 unspecified atom stereocenters. The van der Waals surface area contributed by atoms with E-state index in [1.54, 1.807) is 6.20 Å². The summed E-state index contributed by atoms with van der Waals surface area (Å²) in [5.41, 5.74) is 1.19. The Morgan fingerprint density at radius 2 is 1.89 bits per heavy atom. The summed E-state index contributed by atoms with van der Waals surface area (Å²) < 4.78 is 46.7. The van der Waals surface area contributed by atoms with E-state index in [0.29, 0.717) is 5.88 Å². The van der Waals surface area contributed by atoms with E-state index in [9.17, 15) is 18.0 Å². The molecule has 0 bridgehead atoms. The number of carbonyl (C=O) groups excluding carboxylic acids is 1. The average Bonchev–Trinajstić information content (AvgIpc) is 2.64. The van der Waals surface area contributed by atoms with E-state index < -0.39 is 18.0 Å². The molecule has 0 radical (unpaired) electrons. The first-order valence-corrected chi connectivity index (χ1v) is 9.04. The minimum Gasteiger partial charge on any atom is -0.474 e. The second-order valence-electron chi connectivity index (χ2n) is 6.81. The number of halogens is 3. The van der Waals surface area contributed by atoms with Crippen LogP contribution in [-0.4, -0.2) is 29.4 Å². The Hall–Kier alpha value is -2.77. The van der Waals surface area contributed by atoms with Crippen LogP contribution in [-0.2, 0) is 0 Å². The number of pyridine rings is 1. The fraction of sp³-hybridized carbons (Fsp3) is 0.400. The first kappa shape index (κ1) is 20.0. The number of aryl methyl sites for hydroxylation is 1. The summed E-state index contributed by atoms with van der Waals surface area (Å²) >= 11 is 0. The van der Waals surface area contributed by atoms with Crippen LogP contribution < -0.4 is 14.8 Å². The van der Waals surface area contributed by atoms with Crippen molar-refractivity contribution in [1.82, 2.24) is 10.3 Å². The van der Waals surface area contributed by atoms with Crippen molar-refractivity contribution >= 4 is 5.91 Å². The maximum atomic E-state index is 12.3. The third-order valence-electron chi connectivity index (χ3n) is 4.51. The molecule has 0 aliphatic heterocycles. The lowest BCUT2D eigenvalue weighted by Gasteiger charge is -2.29. The highest BCUT2D eigenvalue weighted by Gasteiger charge is 2.31. The summed E-state index contributed by atoms with van der Waals surface area (Å²) in [5, 5.41) is 2.87. The first-order valence-electron chi connectivity index (χ1n) is 9.04. The number of amides is 1. The number of rotatable bonds is 5. The van der Waals surface area contributed by atoms with Crippen LogP contribution in [0.1, 0.15) is 41.6 Å².